The van der Waals surface area contributed by atoms with Crippen LogP contribution < -0.4 is 0 Å². The highest BCUT2D eigenvalue weighted by atomic mass is 16.3. The predicted octanol–water partition coefficient (Wildman–Crippen LogP) is 1.70. The first-order chi connectivity index (χ1) is 5.18. The van der Waals surface area contributed by atoms with Crippen LogP contribution >= 0.6 is 0 Å². The van der Waals surface area contributed by atoms with Crippen molar-refractivity contribution in [2.45, 2.75) is 51.6 Å². The Bertz CT molecular complexity index is 93.6. The molecule has 0 heterocycles. The fourth-order valence-electron chi connectivity index (χ4n) is 1.19. The molecule has 0 aliphatic carbocycles. The van der Waals surface area contributed by atoms with Gasteiger partial charge >= 0.3 is 0 Å². The second-order valence-corrected chi connectivity index (χ2v) is 3.16. The molecule has 2 heteroatoms. The van der Waals surface area contributed by atoms with Crippen molar-refractivity contribution in [1.82, 2.24) is 0 Å². The minimum absolute atomic E-state index is 0.0913. The molecule has 1 atom stereocenters. The molecule has 0 rings (SSSR count). The number of unbranched alkanes of at least 4 members (excludes halogenated alkanes) is 1. The standard InChI is InChI=1S/C9H20O2/c1-3-5-6-9(11,4-2)7-8-10/h10-11H,3-8H2,1-2H3. The first-order valence-corrected chi connectivity index (χ1v) is 4.51. The van der Waals surface area contributed by atoms with Gasteiger partial charge in [-0.3, -0.25) is 0 Å². The molecule has 1 unspecified atom stereocenters. The topological polar surface area (TPSA) is 40.5 Å². The minimum Gasteiger partial charge on any atom is -0.396 e. The lowest BCUT2D eigenvalue weighted by molar-refractivity contribution is 0.00262. The highest BCUT2D eigenvalue weighted by molar-refractivity contribution is 4.75. The Balaban J connectivity index is 3.68. The summed E-state index contributed by atoms with van der Waals surface area (Å²) in [5.74, 6) is 0. The average Bonchev–Trinajstić information content (AvgIpc) is 2.02. The summed E-state index contributed by atoms with van der Waals surface area (Å²) in [5, 5.41) is 18.5. The largest absolute Gasteiger partial charge is 0.396 e. The monoisotopic (exact) mass is 160 g/mol. The molecular weight excluding hydrogens is 140 g/mol. The first kappa shape index (κ1) is 10.9. The summed E-state index contributed by atoms with van der Waals surface area (Å²) in [6.45, 7) is 4.16. The van der Waals surface area contributed by atoms with Crippen molar-refractivity contribution in [2.75, 3.05) is 6.61 Å². The summed E-state index contributed by atoms with van der Waals surface area (Å²) >= 11 is 0. The van der Waals surface area contributed by atoms with E-state index in [1.54, 1.807) is 0 Å². The molecule has 0 radical (unpaired) electrons. The Kier molecular flexibility index (Phi) is 5.51. The van der Waals surface area contributed by atoms with E-state index in [0.29, 0.717) is 6.42 Å². The van der Waals surface area contributed by atoms with Gasteiger partial charge in [0, 0.05) is 6.61 Å². The number of rotatable bonds is 6. The van der Waals surface area contributed by atoms with Crippen LogP contribution in [0.15, 0.2) is 0 Å². The smallest absolute Gasteiger partial charge is 0.0667 e. The van der Waals surface area contributed by atoms with Crippen LogP contribution in [0, 0.1) is 0 Å². The first-order valence-electron chi connectivity index (χ1n) is 4.51. The lowest BCUT2D eigenvalue weighted by Gasteiger charge is -2.25. The van der Waals surface area contributed by atoms with E-state index >= 15 is 0 Å². The molecular formula is C9H20O2. The second-order valence-electron chi connectivity index (χ2n) is 3.16. The van der Waals surface area contributed by atoms with Crippen LogP contribution in [-0.2, 0) is 0 Å². The van der Waals surface area contributed by atoms with Crippen LogP contribution in [0.2, 0.25) is 0 Å². The third-order valence-electron chi connectivity index (χ3n) is 2.23. The second kappa shape index (κ2) is 5.56. The van der Waals surface area contributed by atoms with Gasteiger partial charge in [-0.25, -0.2) is 0 Å². The minimum atomic E-state index is -0.606. The molecule has 0 aromatic heterocycles. The maximum absolute atomic E-state index is 9.79. The number of aliphatic hydroxyl groups is 2. The van der Waals surface area contributed by atoms with E-state index in [4.69, 9.17) is 5.11 Å². The van der Waals surface area contributed by atoms with Crippen molar-refractivity contribution >= 4 is 0 Å². The molecule has 0 aromatic rings. The quantitative estimate of drug-likeness (QED) is 0.621. The molecule has 0 aromatic carbocycles. The number of hydrogen-bond acceptors (Lipinski definition) is 2. The third kappa shape index (κ3) is 4.38. The van der Waals surface area contributed by atoms with Crippen molar-refractivity contribution in [2.24, 2.45) is 0 Å². The van der Waals surface area contributed by atoms with Crippen LogP contribution in [-0.4, -0.2) is 22.4 Å². The van der Waals surface area contributed by atoms with Crippen molar-refractivity contribution in [1.29, 1.82) is 0 Å². The van der Waals surface area contributed by atoms with E-state index in [1.807, 2.05) is 6.92 Å². The van der Waals surface area contributed by atoms with Gasteiger partial charge in [-0.05, 0) is 19.3 Å². The normalized spacial score (nSPS) is 16.4. The van der Waals surface area contributed by atoms with E-state index in [2.05, 4.69) is 6.92 Å². The molecule has 0 amide bonds. The highest BCUT2D eigenvalue weighted by Crippen LogP contribution is 2.21. The molecule has 11 heavy (non-hydrogen) atoms. The predicted molar refractivity (Wildman–Crippen MR) is 46.5 cm³/mol. The summed E-state index contributed by atoms with van der Waals surface area (Å²) in [6, 6.07) is 0. The Morgan fingerprint density at radius 1 is 1.18 bits per heavy atom. The zero-order valence-corrected chi connectivity index (χ0v) is 7.64. The maximum Gasteiger partial charge on any atom is 0.0667 e. The van der Waals surface area contributed by atoms with Gasteiger partial charge in [0.2, 0.25) is 0 Å². The Morgan fingerprint density at radius 3 is 2.18 bits per heavy atom. The molecule has 0 aliphatic heterocycles. The SMILES string of the molecule is CCCCC(O)(CC)CCO. The average molecular weight is 160 g/mol. The third-order valence-corrected chi connectivity index (χ3v) is 2.23. The summed E-state index contributed by atoms with van der Waals surface area (Å²) in [5.41, 5.74) is -0.606. The van der Waals surface area contributed by atoms with Crippen molar-refractivity contribution in [3.05, 3.63) is 0 Å². The van der Waals surface area contributed by atoms with E-state index in [9.17, 15) is 5.11 Å². The van der Waals surface area contributed by atoms with Crippen LogP contribution in [0.3, 0.4) is 0 Å². The maximum atomic E-state index is 9.79. The highest BCUT2D eigenvalue weighted by Gasteiger charge is 2.22. The molecule has 68 valence electrons. The fraction of sp³-hybridized carbons (Fsp3) is 1.00. The lowest BCUT2D eigenvalue weighted by Crippen LogP contribution is -2.28. The van der Waals surface area contributed by atoms with Gasteiger partial charge in [-0.15, -0.1) is 0 Å². The van der Waals surface area contributed by atoms with E-state index < -0.39 is 5.60 Å². The van der Waals surface area contributed by atoms with E-state index in [1.165, 1.54) is 0 Å². The van der Waals surface area contributed by atoms with Crippen molar-refractivity contribution in [3.8, 4) is 0 Å². The summed E-state index contributed by atoms with van der Waals surface area (Å²) in [4.78, 5) is 0. The molecule has 0 saturated carbocycles. The summed E-state index contributed by atoms with van der Waals surface area (Å²) in [7, 11) is 0. The lowest BCUT2D eigenvalue weighted by atomic mass is 9.91. The van der Waals surface area contributed by atoms with E-state index in [-0.39, 0.29) is 6.61 Å². The molecule has 0 saturated heterocycles. The van der Waals surface area contributed by atoms with E-state index in [0.717, 1.165) is 25.7 Å². The molecule has 2 nitrogen and oxygen atoms in total. The Hall–Kier alpha value is -0.0800. The van der Waals surface area contributed by atoms with Gasteiger partial charge in [0.25, 0.3) is 0 Å². The van der Waals surface area contributed by atoms with Crippen LogP contribution in [0.5, 0.6) is 0 Å². The Labute approximate surface area is 69.2 Å². The summed E-state index contributed by atoms with van der Waals surface area (Å²) < 4.78 is 0. The zero-order valence-electron chi connectivity index (χ0n) is 7.64. The van der Waals surface area contributed by atoms with Crippen molar-refractivity contribution in [3.63, 3.8) is 0 Å². The number of hydrogen-bond donors (Lipinski definition) is 2. The molecule has 0 fully saturated rings. The molecule has 0 spiro atoms. The van der Waals surface area contributed by atoms with Gasteiger partial charge in [0.1, 0.15) is 0 Å². The van der Waals surface area contributed by atoms with Gasteiger partial charge in [-0.2, -0.15) is 0 Å². The fourth-order valence-corrected chi connectivity index (χ4v) is 1.19. The van der Waals surface area contributed by atoms with Crippen LogP contribution in [0.25, 0.3) is 0 Å². The molecule has 2 N–H and O–H groups in total. The van der Waals surface area contributed by atoms with Gasteiger partial charge in [-0.1, -0.05) is 26.7 Å². The van der Waals surface area contributed by atoms with Gasteiger partial charge < -0.3 is 10.2 Å². The molecule has 0 aliphatic rings. The van der Waals surface area contributed by atoms with Gasteiger partial charge in [0.05, 0.1) is 5.60 Å². The number of aliphatic hydroxyl groups excluding tert-OH is 1. The zero-order chi connectivity index (χ0) is 8.74. The van der Waals surface area contributed by atoms with Crippen LogP contribution in [0.4, 0.5) is 0 Å². The Morgan fingerprint density at radius 2 is 1.82 bits per heavy atom. The summed E-state index contributed by atoms with van der Waals surface area (Å²) in [6.07, 6.45) is 4.23. The molecule has 0 bridgehead atoms. The van der Waals surface area contributed by atoms with Gasteiger partial charge in [0.15, 0.2) is 0 Å². The van der Waals surface area contributed by atoms with Crippen LogP contribution in [0.1, 0.15) is 46.0 Å². The van der Waals surface area contributed by atoms with Crippen molar-refractivity contribution < 1.29 is 10.2 Å².